The summed E-state index contributed by atoms with van der Waals surface area (Å²) in [5.41, 5.74) is 3.97. The maximum absolute atomic E-state index is 11.2. The number of pyridine rings is 1. The number of carbonyl (C=O) groups excluding carboxylic acids is 1. The van der Waals surface area contributed by atoms with Crippen LogP contribution < -0.4 is 39.4 Å². The molecular formula is C23H19ClNNaO3. The number of hydrogen-bond acceptors (Lipinski definition) is 4. The molecule has 0 N–H and O–H groups in total. The summed E-state index contributed by atoms with van der Waals surface area (Å²) in [6, 6.07) is 17.9. The monoisotopic (exact) mass is 415 g/mol. The van der Waals surface area contributed by atoms with Gasteiger partial charge in [0.1, 0.15) is 12.4 Å². The smallest absolute Gasteiger partial charge is 0.543 e. The summed E-state index contributed by atoms with van der Waals surface area (Å²) in [6.45, 7) is 4.43. The van der Waals surface area contributed by atoms with E-state index in [1.165, 1.54) is 6.07 Å². The van der Waals surface area contributed by atoms with E-state index in [1.54, 1.807) is 18.2 Å². The van der Waals surface area contributed by atoms with Crippen molar-refractivity contribution in [2.75, 3.05) is 6.61 Å². The van der Waals surface area contributed by atoms with E-state index in [-0.39, 0.29) is 35.3 Å². The number of aromatic nitrogens is 1. The predicted octanol–water partition coefficient (Wildman–Crippen LogP) is 1.78. The van der Waals surface area contributed by atoms with Crippen molar-refractivity contribution in [2.24, 2.45) is 0 Å². The second-order valence-corrected chi connectivity index (χ2v) is 6.74. The molecule has 0 atom stereocenters. The number of hydrogen-bond donors (Lipinski definition) is 0. The fourth-order valence-electron chi connectivity index (χ4n) is 2.75. The van der Waals surface area contributed by atoms with Crippen LogP contribution >= 0.6 is 11.6 Å². The number of aromatic carboxylic acids is 1. The third kappa shape index (κ3) is 5.71. The van der Waals surface area contributed by atoms with Gasteiger partial charge in [0, 0.05) is 16.1 Å². The zero-order chi connectivity index (χ0) is 20.1. The molecule has 4 nitrogen and oxygen atoms in total. The zero-order valence-electron chi connectivity index (χ0n) is 16.6. The second-order valence-electron chi connectivity index (χ2n) is 6.31. The molecule has 0 amide bonds. The number of halogens is 1. The summed E-state index contributed by atoms with van der Waals surface area (Å²) in [5.74, 6) is -0.623. The third-order valence-electron chi connectivity index (χ3n) is 4.34. The molecule has 0 saturated carbocycles. The van der Waals surface area contributed by atoms with E-state index >= 15 is 0 Å². The Morgan fingerprint density at radius 2 is 1.79 bits per heavy atom. The second kappa shape index (κ2) is 10.6. The largest absolute Gasteiger partial charge is 1.00 e. The van der Waals surface area contributed by atoms with Gasteiger partial charge in [-0.2, -0.15) is 0 Å². The standard InChI is InChI=1S/C23H20ClNO3.Na/c1-3-15(2)14-28-22-12-11-16(24)13-19(22)17-7-4-5-8-18(17)20-9-6-10-21(25-20)23(26)27;/h3-13H,14H2,1-2H3,(H,26,27);/q;+1/p-1. The van der Waals surface area contributed by atoms with Crippen molar-refractivity contribution in [3.63, 3.8) is 0 Å². The molecule has 29 heavy (non-hydrogen) atoms. The number of rotatable bonds is 6. The van der Waals surface area contributed by atoms with Crippen molar-refractivity contribution in [2.45, 2.75) is 13.8 Å². The number of ether oxygens (including phenoxy) is 1. The van der Waals surface area contributed by atoms with Gasteiger partial charge >= 0.3 is 29.6 Å². The first kappa shape index (κ1) is 23.2. The third-order valence-corrected chi connectivity index (χ3v) is 4.58. The molecular weight excluding hydrogens is 397 g/mol. The van der Waals surface area contributed by atoms with Crippen LogP contribution in [0.1, 0.15) is 24.3 Å². The molecule has 1 heterocycles. The number of carboxylic acids is 1. The van der Waals surface area contributed by atoms with Crippen LogP contribution in [0.15, 0.2) is 72.3 Å². The van der Waals surface area contributed by atoms with E-state index < -0.39 is 5.97 Å². The SMILES string of the molecule is CC=C(C)COc1ccc(Cl)cc1-c1ccccc1-c1cccc(C(=O)[O-])n1.[Na+]. The summed E-state index contributed by atoms with van der Waals surface area (Å²) in [6.07, 6.45) is 2.00. The Hall–Kier alpha value is -2.11. The number of carbonyl (C=O) groups is 1. The minimum Gasteiger partial charge on any atom is -0.543 e. The van der Waals surface area contributed by atoms with Crippen LogP contribution in [0.25, 0.3) is 22.4 Å². The van der Waals surface area contributed by atoms with Crippen LogP contribution in [-0.4, -0.2) is 17.6 Å². The molecule has 3 rings (SSSR count). The van der Waals surface area contributed by atoms with Gasteiger partial charge in [-0.25, -0.2) is 4.98 Å². The molecule has 0 fully saturated rings. The Balaban J connectivity index is 0.00000300. The Kier molecular flexibility index (Phi) is 8.47. The van der Waals surface area contributed by atoms with E-state index in [9.17, 15) is 9.90 Å². The van der Waals surface area contributed by atoms with Crippen molar-refractivity contribution in [3.8, 4) is 28.1 Å². The molecule has 0 unspecified atom stereocenters. The summed E-state index contributed by atoms with van der Waals surface area (Å²) in [7, 11) is 0. The van der Waals surface area contributed by atoms with Crippen LogP contribution in [0, 0.1) is 0 Å². The summed E-state index contributed by atoms with van der Waals surface area (Å²) < 4.78 is 6.00. The average molecular weight is 416 g/mol. The molecule has 0 bridgehead atoms. The summed E-state index contributed by atoms with van der Waals surface area (Å²) in [5, 5.41) is 11.8. The van der Waals surface area contributed by atoms with Gasteiger partial charge in [0.2, 0.25) is 0 Å². The Labute approximate surface area is 197 Å². The van der Waals surface area contributed by atoms with Gasteiger partial charge in [0.25, 0.3) is 0 Å². The fraction of sp³-hybridized carbons (Fsp3) is 0.130. The zero-order valence-corrected chi connectivity index (χ0v) is 19.4. The van der Waals surface area contributed by atoms with Gasteiger partial charge in [-0.3, -0.25) is 0 Å². The predicted molar refractivity (Wildman–Crippen MR) is 109 cm³/mol. The molecule has 142 valence electrons. The van der Waals surface area contributed by atoms with Gasteiger partial charge in [-0.15, -0.1) is 0 Å². The van der Waals surface area contributed by atoms with Crippen molar-refractivity contribution in [1.29, 1.82) is 0 Å². The molecule has 0 aliphatic carbocycles. The molecule has 0 aliphatic heterocycles. The summed E-state index contributed by atoms with van der Waals surface area (Å²) in [4.78, 5) is 15.4. The fourth-order valence-corrected chi connectivity index (χ4v) is 2.93. The molecule has 6 heteroatoms. The van der Waals surface area contributed by atoms with E-state index in [0.29, 0.717) is 23.1 Å². The van der Waals surface area contributed by atoms with Gasteiger partial charge in [-0.1, -0.05) is 48.0 Å². The van der Waals surface area contributed by atoms with Crippen LogP contribution in [0.4, 0.5) is 0 Å². The van der Waals surface area contributed by atoms with E-state index in [4.69, 9.17) is 16.3 Å². The minimum atomic E-state index is -1.31. The first-order valence-electron chi connectivity index (χ1n) is 8.82. The van der Waals surface area contributed by atoms with Crippen molar-refractivity contribution >= 4 is 17.6 Å². The number of carboxylic acid groups (broad SMARTS) is 1. The first-order valence-corrected chi connectivity index (χ1v) is 9.19. The quantitative estimate of drug-likeness (QED) is 0.455. The van der Waals surface area contributed by atoms with Crippen LogP contribution in [-0.2, 0) is 0 Å². The van der Waals surface area contributed by atoms with E-state index in [2.05, 4.69) is 4.98 Å². The molecule has 1 aromatic heterocycles. The maximum Gasteiger partial charge on any atom is 1.00 e. The molecule has 2 aromatic carbocycles. The molecule has 0 aliphatic rings. The van der Waals surface area contributed by atoms with Gasteiger partial charge in [0.05, 0.1) is 17.4 Å². The van der Waals surface area contributed by atoms with E-state index in [1.807, 2.05) is 56.3 Å². The van der Waals surface area contributed by atoms with Crippen molar-refractivity contribution in [1.82, 2.24) is 4.98 Å². The minimum absolute atomic E-state index is 0. The Morgan fingerprint density at radius 1 is 1.07 bits per heavy atom. The first-order chi connectivity index (χ1) is 13.5. The topological polar surface area (TPSA) is 62.2 Å². The molecule has 0 saturated heterocycles. The van der Waals surface area contributed by atoms with Gasteiger partial charge < -0.3 is 14.6 Å². The van der Waals surface area contributed by atoms with Gasteiger partial charge in [-0.05, 0) is 55.3 Å². The number of allylic oxidation sites excluding steroid dienone is 1. The molecule has 0 spiro atoms. The number of nitrogens with zero attached hydrogens (tertiary/aromatic N) is 1. The summed E-state index contributed by atoms with van der Waals surface area (Å²) >= 11 is 6.25. The normalized spacial score (nSPS) is 10.9. The van der Waals surface area contributed by atoms with Gasteiger partial charge in [0.15, 0.2) is 0 Å². The average Bonchev–Trinajstić information content (AvgIpc) is 2.72. The van der Waals surface area contributed by atoms with Crippen molar-refractivity contribution < 1.29 is 44.2 Å². The van der Waals surface area contributed by atoms with Crippen LogP contribution in [0.5, 0.6) is 5.75 Å². The van der Waals surface area contributed by atoms with Crippen LogP contribution in [0.2, 0.25) is 5.02 Å². The number of benzene rings is 2. The maximum atomic E-state index is 11.2. The Bertz CT molecular complexity index is 1050. The molecule has 0 radical (unpaired) electrons. The van der Waals surface area contributed by atoms with Crippen molar-refractivity contribution in [3.05, 3.63) is 83.0 Å². The van der Waals surface area contributed by atoms with E-state index in [0.717, 1.165) is 22.3 Å². The molecule has 3 aromatic rings. The Morgan fingerprint density at radius 3 is 2.48 bits per heavy atom. The van der Waals surface area contributed by atoms with Crippen LogP contribution in [0.3, 0.4) is 0 Å².